The number of hydrogen-bond donors (Lipinski definition) is 1. The second-order valence-corrected chi connectivity index (χ2v) is 4.70. The molecule has 1 aromatic carbocycles. The molecule has 18 heavy (non-hydrogen) atoms. The summed E-state index contributed by atoms with van der Waals surface area (Å²) >= 11 is 12.0. The Morgan fingerprint density at radius 1 is 1.44 bits per heavy atom. The topological polar surface area (TPSA) is 60.9 Å². The Bertz CT molecular complexity index is 595. The molecule has 0 radical (unpaired) electrons. The van der Waals surface area contributed by atoms with Crippen molar-refractivity contribution >= 4 is 29.1 Å². The molecule has 1 heterocycles. The highest BCUT2D eigenvalue weighted by Crippen LogP contribution is 2.30. The minimum Gasteiger partial charge on any atom is -0.368 e. The molecular formula is C12H11Cl2N3O. The van der Waals surface area contributed by atoms with Crippen molar-refractivity contribution in [2.75, 3.05) is 0 Å². The second kappa shape index (κ2) is 5.00. The van der Waals surface area contributed by atoms with Crippen LogP contribution in [0.15, 0.2) is 30.6 Å². The number of nitrogens with two attached hydrogens (primary N) is 1. The summed E-state index contributed by atoms with van der Waals surface area (Å²) in [5.74, 6) is 0.155. The number of primary amides is 1. The fourth-order valence-corrected chi connectivity index (χ4v) is 2.14. The number of amides is 1. The average molecular weight is 284 g/mol. The van der Waals surface area contributed by atoms with Crippen LogP contribution in [0.2, 0.25) is 10.0 Å². The molecule has 0 fully saturated rings. The highest BCUT2D eigenvalue weighted by molar-refractivity contribution is 6.36. The van der Waals surface area contributed by atoms with Crippen LogP contribution in [0.25, 0.3) is 11.4 Å². The lowest BCUT2D eigenvalue weighted by atomic mass is 10.2. The van der Waals surface area contributed by atoms with Crippen molar-refractivity contribution in [3.63, 3.8) is 0 Å². The summed E-state index contributed by atoms with van der Waals surface area (Å²) in [7, 11) is 0. The molecule has 1 unspecified atom stereocenters. The molecule has 0 aliphatic heterocycles. The van der Waals surface area contributed by atoms with Crippen molar-refractivity contribution in [3.05, 3.63) is 40.6 Å². The number of hydrogen-bond acceptors (Lipinski definition) is 2. The van der Waals surface area contributed by atoms with E-state index in [-0.39, 0.29) is 0 Å². The third kappa shape index (κ3) is 2.35. The number of rotatable bonds is 3. The molecule has 0 spiro atoms. The highest BCUT2D eigenvalue weighted by atomic mass is 35.5. The van der Waals surface area contributed by atoms with E-state index in [0.717, 1.165) is 0 Å². The number of nitrogens with zero attached hydrogens (tertiary/aromatic N) is 2. The Morgan fingerprint density at radius 2 is 2.17 bits per heavy atom. The predicted octanol–water partition coefficient (Wildman–Crippen LogP) is 2.90. The van der Waals surface area contributed by atoms with Crippen molar-refractivity contribution in [1.82, 2.24) is 9.55 Å². The zero-order valence-electron chi connectivity index (χ0n) is 9.60. The van der Waals surface area contributed by atoms with E-state index in [9.17, 15) is 4.79 Å². The first-order chi connectivity index (χ1) is 8.50. The van der Waals surface area contributed by atoms with Gasteiger partial charge < -0.3 is 10.3 Å². The predicted molar refractivity (Wildman–Crippen MR) is 71.6 cm³/mol. The Morgan fingerprint density at radius 3 is 2.78 bits per heavy atom. The number of halogens is 2. The second-order valence-electron chi connectivity index (χ2n) is 3.86. The summed E-state index contributed by atoms with van der Waals surface area (Å²) in [5.41, 5.74) is 6.00. The Kier molecular flexibility index (Phi) is 3.59. The van der Waals surface area contributed by atoms with Gasteiger partial charge >= 0.3 is 0 Å². The van der Waals surface area contributed by atoms with Crippen LogP contribution < -0.4 is 5.73 Å². The molecule has 0 aliphatic rings. The minimum atomic E-state index is -0.491. The van der Waals surface area contributed by atoms with E-state index in [4.69, 9.17) is 28.9 Å². The van der Waals surface area contributed by atoms with E-state index in [1.807, 2.05) is 0 Å². The van der Waals surface area contributed by atoms with E-state index < -0.39 is 11.9 Å². The van der Waals surface area contributed by atoms with Gasteiger partial charge in [0.1, 0.15) is 11.9 Å². The molecule has 2 aromatic rings. The molecule has 1 atom stereocenters. The summed E-state index contributed by atoms with van der Waals surface area (Å²) in [6, 6.07) is 4.62. The van der Waals surface area contributed by atoms with Crippen LogP contribution in [0.4, 0.5) is 0 Å². The molecular weight excluding hydrogens is 273 g/mol. The van der Waals surface area contributed by atoms with Crippen molar-refractivity contribution < 1.29 is 4.79 Å². The molecule has 2 rings (SSSR count). The largest absolute Gasteiger partial charge is 0.368 e. The number of carbonyl (C=O) groups excluding carboxylic acids is 1. The molecule has 0 bridgehead atoms. The molecule has 0 saturated carbocycles. The SMILES string of the molecule is CC(C(N)=O)n1ccnc1-c1ccc(Cl)cc1Cl. The van der Waals surface area contributed by atoms with Crippen molar-refractivity contribution in [3.8, 4) is 11.4 Å². The van der Waals surface area contributed by atoms with Gasteiger partial charge in [0.15, 0.2) is 0 Å². The number of benzene rings is 1. The fraction of sp³-hybridized carbons (Fsp3) is 0.167. The Balaban J connectivity index is 2.52. The van der Waals surface area contributed by atoms with Crippen molar-refractivity contribution in [1.29, 1.82) is 0 Å². The van der Waals surface area contributed by atoms with Crippen molar-refractivity contribution in [2.24, 2.45) is 5.73 Å². The molecule has 0 aliphatic carbocycles. The molecule has 2 N–H and O–H groups in total. The standard InChI is InChI=1S/C12H11Cl2N3O/c1-7(11(15)18)17-5-4-16-12(17)9-3-2-8(13)6-10(9)14/h2-7H,1H3,(H2,15,18). The van der Waals surface area contributed by atoms with Gasteiger partial charge in [-0.2, -0.15) is 0 Å². The maximum Gasteiger partial charge on any atom is 0.240 e. The summed E-state index contributed by atoms with van der Waals surface area (Å²) < 4.78 is 1.68. The summed E-state index contributed by atoms with van der Waals surface area (Å²) in [6.45, 7) is 1.71. The molecule has 1 aromatic heterocycles. The van der Waals surface area contributed by atoms with Gasteiger partial charge in [-0.25, -0.2) is 4.98 Å². The number of imidazole rings is 1. The van der Waals surface area contributed by atoms with Crippen LogP contribution in [0.1, 0.15) is 13.0 Å². The molecule has 0 saturated heterocycles. The van der Waals surface area contributed by atoms with E-state index in [0.29, 0.717) is 21.4 Å². The van der Waals surface area contributed by atoms with Gasteiger partial charge in [-0.15, -0.1) is 0 Å². The zero-order chi connectivity index (χ0) is 13.3. The lowest BCUT2D eigenvalue weighted by Gasteiger charge is -2.13. The summed E-state index contributed by atoms with van der Waals surface area (Å²) in [4.78, 5) is 15.4. The van der Waals surface area contributed by atoms with Crippen LogP contribution in [0.3, 0.4) is 0 Å². The number of aromatic nitrogens is 2. The third-order valence-electron chi connectivity index (χ3n) is 2.67. The molecule has 4 nitrogen and oxygen atoms in total. The van der Waals surface area contributed by atoms with Crippen LogP contribution >= 0.6 is 23.2 Å². The van der Waals surface area contributed by atoms with Gasteiger partial charge in [0.05, 0.1) is 5.02 Å². The fourth-order valence-electron chi connectivity index (χ4n) is 1.64. The maximum atomic E-state index is 11.2. The quantitative estimate of drug-likeness (QED) is 0.942. The lowest BCUT2D eigenvalue weighted by Crippen LogP contribution is -2.24. The van der Waals surface area contributed by atoms with Gasteiger partial charge in [0, 0.05) is 23.0 Å². The number of carbonyl (C=O) groups is 1. The van der Waals surface area contributed by atoms with Crippen LogP contribution in [0, 0.1) is 0 Å². The van der Waals surface area contributed by atoms with E-state index >= 15 is 0 Å². The lowest BCUT2D eigenvalue weighted by molar-refractivity contribution is -0.120. The maximum absolute atomic E-state index is 11.2. The first kappa shape index (κ1) is 12.9. The smallest absolute Gasteiger partial charge is 0.240 e. The third-order valence-corrected chi connectivity index (χ3v) is 3.22. The minimum absolute atomic E-state index is 0.431. The van der Waals surface area contributed by atoms with Crippen LogP contribution in [-0.2, 0) is 4.79 Å². The van der Waals surface area contributed by atoms with Gasteiger partial charge in [-0.3, -0.25) is 4.79 Å². The van der Waals surface area contributed by atoms with Gasteiger partial charge in [0.25, 0.3) is 0 Å². The average Bonchev–Trinajstić information content (AvgIpc) is 2.76. The van der Waals surface area contributed by atoms with Gasteiger partial charge in [-0.05, 0) is 25.1 Å². The normalized spacial score (nSPS) is 12.4. The van der Waals surface area contributed by atoms with Crippen molar-refractivity contribution in [2.45, 2.75) is 13.0 Å². The van der Waals surface area contributed by atoms with E-state index in [2.05, 4.69) is 4.98 Å². The highest BCUT2D eigenvalue weighted by Gasteiger charge is 2.17. The Hall–Kier alpha value is -1.52. The van der Waals surface area contributed by atoms with Crippen LogP contribution in [-0.4, -0.2) is 15.5 Å². The zero-order valence-corrected chi connectivity index (χ0v) is 11.1. The van der Waals surface area contributed by atoms with E-state index in [1.165, 1.54) is 0 Å². The van der Waals surface area contributed by atoms with E-state index in [1.54, 1.807) is 42.1 Å². The first-order valence-corrected chi connectivity index (χ1v) is 6.04. The summed E-state index contributed by atoms with van der Waals surface area (Å²) in [5, 5.41) is 1.02. The monoisotopic (exact) mass is 283 g/mol. The Labute approximate surface area is 114 Å². The molecule has 1 amide bonds. The first-order valence-electron chi connectivity index (χ1n) is 5.28. The molecule has 6 heteroatoms. The van der Waals surface area contributed by atoms with Crippen LogP contribution in [0.5, 0.6) is 0 Å². The van der Waals surface area contributed by atoms with Gasteiger partial charge in [-0.1, -0.05) is 23.2 Å². The summed E-state index contributed by atoms with van der Waals surface area (Å²) in [6.07, 6.45) is 3.29. The van der Waals surface area contributed by atoms with Gasteiger partial charge in [0.2, 0.25) is 5.91 Å². The molecule has 94 valence electrons.